The van der Waals surface area contributed by atoms with Gasteiger partial charge >= 0.3 is 5.97 Å². The van der Waals surface area contributed by atoms with Crippen molar-refractivity contribution in [3.63, 3.8) is 0 Å². The Hall–Kier alpha value is -1.48. The molecule has 8 heavy (non-hydrogen) atoms. The highest BCUT2D eigenvalue weighted by Crippen LogP contribution is 1.70. The van der Waals surface area contributed by atoms with Gasteiger partial charge in [-0.25, -0.2) is 4.79 Å². The summed E-state index contributed by atoms with van der Waals surface area (Å²) in [6.45, 7) is -0.275. The predicted octanol–water partition coefficient (Wildman–Crippen LogP) is -0.314. The number of esters is 1. The second-order valence-electron chi connectivity index (χ2n) is 0.879. The Morgan fingerprint density at radius 1 is 1.88 bits per heavy atom. The monoisotopic (exact) mass is 109 g/mol. The van der Waals surface area contributed by atoms with E-state index in [1.165, 1.54) is 0 Å². The Morgan fingerprint density at radius 2 is 2.50 bits per heavy atom. The van der Waals surface area contributed by atoms with E-state index in [-0.39, 0.29) is 6.61 Å². The van der Waals surface area contributed by atoms with Crippen molar-refractivity contribution < 1.29 is 9.53 Å². The van der Waals surface area contributed by atoms with Crippen LogP contribution in [0.4, 0.5) is 0 Å². The maximum absolute atomic E-state index is 9.96. The quantitative estimate of drug-likeness (QED) is 0.263. The molecule has 3 nitrogen and oxygen atoms in total. The third-order valence-corrected chi connectivity index (χ3v) is 0.386. The van der Waals surface area contributed by atoms with Crippen molar-refractivity contribution in [2.45, 2.75) is 0 Å². The van der Waals surface area contributed by atoms with E-state index < -0.39 is 5.97 Å². The molecule has 0 unspecified atom stereocenters. The number of hydrogen-bond acceptors (Lipinski definition) is 3. The van der Waals surface area contributed by atoms with Crippen molar-refractivity contribution in [2.75, 3.05) is 6.61 Å². The fraction of sp³-hybridized carbons (Fsp3) is 0.200. The Labute approximate surface area is 46.9 Å². The molecule has 0 radical (unpaired) electrons. The summed E-state index contributed by atoms with van der Waals surface area (Å²) in [6, 6.07) is 1.59. The zero-order valence-electron chi connectivity index (χ0n) is 4.05. The molecule has 0 aliphatic heterocycles. The maximum atomic E-state index is 9.96. The molecule has 0 bridgehead atoms. The van der Waals surface area contributed by atoms with Gasteiger partial charge in [0.25, 0.3) is 0 Å². The Kier molecular flexibility index (Phi) is 3.02. The van der Waals surface area contributed by atoms with E-state index in [0.29, 0.717) is 0 Å². The third kappa shape index (κ3) is 2.74. The smallest absolute Gasteiger partial charge is 0.385 e. The van der Waals surface area contributed by atoms with Crippen molar-refractivity contribution in [3.05, 3.63) is 0 Å². The van der Waals surface area contributed by atoms with Crippen molar-refractivity contribution in [3.8, 4) is 18.4 Å². The van der Waals surface area contributed by atoms with E-state index >= 15 is 0 Å². The van der Waals surface area contributed by atoms with Gasteiger partial charge in [-0.15, -0.1) is 6.42 Å². The molecule has 0 heterocycles. The summed E-state index contributed by atoms with van der Waals surface area (Å²) in [4.78, 5) is 9.96. The van der Waals surface area contributed by atoms with Crippen LogP contribution in [0.15, 0.2) is 0 Å². The first-order valence-corrected chi connectivity index (χ1v) is 1.81. The molecular weight excluding hydrogens is 106 g/mol. The van der Waals surface area contributed by atoms with E-state index in [1.807, 2.05) is 0 Å². The average Bonchev–Trinajstić information content (AvgIpc) is 1.83. The van der Waals surface area contributed by atoms with E-state index in [0.717, 1.165) is 0 Å². The van der Waals surface area contributed by atoms with E-state index in [9.17, 15) is 4.79 Å². The lowest BCUT2D eigenvalue weighted by atomic mass is 10.7. The molecule has 0 atom stereocenters. The predicted molar refractivity (Wildman–Crippen MR) is 25.4 cm³/mol. The number of carbonyl (C=O) groups excluding carboxylic acids is 1. The van der Waals surface area contributed by atoms with Crippen LogP contribution in [-0.2, 0) is 9.53 Å². The summed E-state index contributed by atoms with van der Waals surface area (Å²) < 4.78 is 4.10. The molecule has 0 aliphatic carbocycles. The van der Waals surface area contributed by atoms with Gasteiger partial charge in [-0.3, -0.25) is 0 Å². The van der Waals surface area contributed by atoms with Crippen LogP contribution in [0.1, 0.15) is 0 Å². The molecule has 0 N–H and O–H groups in total. The number of hydrogen-bond donors (Lipinski definition) is 0. The van der Waals surface area contributed by atoms with Gasteiger partial charge in [0.1, 0.15) is 6.07 Å². The Balaban J connectivity index is 3.33. The highest BCUT2D eigenvalue weighted by atomic mass is 16.5. The molecule has 0 rings (SSSR count). The van der Waals surface area contributed by atoms with Gasteiger partial charge in [-0.2, -0.15) is 5.26 Å². The molecule has 0 saturated heterocycles. The second-order valence-corrected chi connectivity index (χ2v) is 0.879. The Bertz CT molecular complexity index is 160. The first-order chi connectivity index (χ1) is 3.81. The van der Waals surface area contributed by atoms with Crippen LogP contribution < -0.4 is 0 Å². The molecule has 0 aromatic carbocycles. The Morgan fingerprint density at radius 3 is 2.88 bits per heavy atom. The number of carbonyl (C=O) groups is 1. The normalized spacial score (nSPS) is 6.25. The molecule has 0 saturated carbocycles. The van der Waals surface area contributed by atoms with Crippen molar-refractivity contribution in [1.29, 1.82) is 5.26 Å². The fourth-order valence-corrected chi connectivity index (χ4v) is 0.139. The van der Waals surface area contributed by atoms with Crippen molar-refractivity contribution in [1.82, 2.24) is 0 Å². The summed E-state index contributed by atoms with van der Waals surface area (Å²) in [5.41, 5.74) is 0. The van der Waals surface area contributed by atoms with E-state index in [1.54, 1.807) is 12.0 Å². The molecule has 0 spiro atoms. The third-order valence-electron chi connectivity index (χ3n) is 0.386. The van der Waals surface area contributed by atoms with Crippen LogP contribution in [0.25, 0.3) is 0 Å². The van der Waals surface area contributed by atoms with Crippen LogP contribution in [0.5, 0.6) is 0 Å². The molecule has 0 aliphatic rings. The van der Waals surface area contributed by atoms with E-state index in [2.05, 4.69) is 11.2 Å². The average molecular weight is 109 g/mol. The molecule has 0 amide bonds. The maximum Gasteiger partial charge on any atom is 0.385 e. The summed E-state index contributed by atoms with van der Waals surface area (Å²) in [7, 11) is 0. The molecule has 40 valence electrons. The van der Waals surface area contributed by atoms with Gasteiger partial charge in [-0.1, -0.05) is 0 Å². The zero-order chi connectivity index (χ0) is 6.41. The summed E-state index contributed by atoms with van der Waals surface area (Å²) in [6.07, 6.45) is 4.58. The lowest BCUT2D eigenvalue weighted by Crippen LogP contribution is -1.99. The highest BCUT2D eigenvalue weighted by Gasteiger charge is 1.90. The number of nitrogens with zero attached hydrogens (tertiary/aromatic N) is 1. The summed E-state index contributed by atoms with van der Waals surface area (Å²) in [5.74, 6) is 0.888. The minimum Gasteiger partial charge on any atom is -0.441 e. The van der Waals surface area contributed by atoms with Crippen molar-refractivity contribution >= 4 is 5.97 Å². The molecule has 0 fully saturated rings. The van der Waals surface area contributed by atoms with Gasteiger partial charge in [0.2, 0.25) is 0 Å². The summed E-state index contributed by atoms with van der Waals surface area (Å²) >= 11 is 0. The first-order valence-electron chi connectivity index (χ1n) is 1.81. The van der Waals surface area contributed by atoms with Crippen molar-refractivity contribution in [2.24, 2.45) is 0 Å². The van der Waals surface area contributed by atoms with Gasteiger partial charge in [-0.05, 0) is 0 Å². The molecule has 0 aromatic heterocycles. The molecule has 3 heteroatoms. The van der Waals surface area contributed by atoms with Gasteiger partial charge < -0.3 is 4.74 Å². The minimum absolute atomic E-state index is 0.275. The second kappa shape index (κ2) is 3.70. The number of terminal acetylenes is 1. The SMILES string of the molecule is C#CC(=O)OCC#N. The zero-order valence-corrected chi connectivity index (χ0v) is 4.05. The summed E-state index contributed by atoms with van der Waals surface area (Å²) in [5, 5.41) is 7.81. The largest absolute Gasteiger partial charge is 0.441 e. The van der Waals surface area contributed by atoms with Gasteiger partial charge in [0.15, 0.2) is 6.61 Å². The van der Waals surface area contributed by atoms with Crippen LogP contribution in [-0.4, -0.2) is 12.6 Å². The minimum atomic E-state index is -0.799. The highest BCUT2D eigenvalue weighted by molar-refractivity contribution is 5.87. The lowest BCUT2D eigenvalue weighted by Gasteiger charge is -1.86. The fourth-order valence-electron chi connectivity index (χ4n) is 0.139. The lowest BCUT2D eigenvalue weighted by molar-refractivity contribution is -0.135. The van der Waals surface area contributed by atoms with E-state index in [4.69, 9.17) is 5.26 Å². The van der Waals surface area contributed by atoms with Crippen LogP contribution >= 0.6 is 0 Å². The van der Waals surface area contributed by atoms with Crippen LogP contribution in [0.2, 0.25) is 0 Å². The molecule has 0 aromatic rings. The first kappa shape index (κ1) is 6.52. The van der Waals surface area contributed by atoms with Crippen LogP contribution in [0.3, 0.4) is 0 Å². The van der Waals surface area contributed by atoms with Crippen LogP contribution in [0, 0.1) is 23.7 Å². The number of rotatable bonds is 1. The van der Waals surface area contributed by atoms with Gasteiger partial charge in [0.05, 0.1) is 0 Å². The number of nitriles is 1. The van der Waals surface area contributed by atoms with Gasteiger partial charge in [0, 0.05) is 5.92 Å². The topological polar surface area (TPSA) is 50.1 Å². The number of ether oxygens (including phenoxy) is 1. The molecular formula is C5H3NO2. The standard InChI is InChI=1S/C5H3NO2/c1-2-5(7)8-4-3-6/h1H,4H2.